The molecule has 2 aliphatic heterocycles. The lowest BCUT2D eigenvalue weighted by atomic mass is 9.88. The molecule has 0 saturated carbocycles. The summed E-state index contributed by atoms with van der Waals surface area (Å²) < 4.78 is 20.5. The Morgan fingerprint density at radius 2 is 2.14 bits per heavy atom. The molecule has 2 aliphatic rings. The number of aromatic nitrogens is 1. The number of rotatable bonds is 6. The van der Waals surface area contributed by atoms with E-state index >= 15 is 4.39 Å². The number of hydrogen-bond acceptors (Lipinski definition) is 7. The van der Waals surface area contributed by atoms with Gasteiger partial charge in [-0.25, -0.2) is 9.18 Å². The lowest BCUT2D eigenvalue weighted by Crippen LogP contribution is -2.55. The summed E-state index contributed by atoms with van der Waals surface area (Å²) in [6.07, 6.45) is 2.83. The highest BCUT2D eigenvalue weighted by Gasteiger charge is 2.50. The van der Waals surface area contributed by atoms with Gasteiger partial charge in [-0.1, -0.05) is 0 Å². The minimum Gasteiger partial charge on any atom is -0.443 e. The van der Waals surface area contributed by atoms with Crippen LogP contribution in [0.1, 0.15) is 58.7 Å². The van der Waals surface area contributed by atoms with E-state index in [2.05, 4.69) is 20.5 Å². The van der Waals surface area contributed by atoms with Gasteiger partial charge >= 0.3 is 6.09 Å². The summed E-state index contributed by atoms with van der Waals surface area (Å²) in [4.78, 5) is 34.1. The van der Waals surface area contributed by atoms with Gasteiger partial charge in [0.2, 0.25) is 5.91 Å². The summed E-state index contributed by atoms with van der Waals surface area (Å²) in [6, 6.07) is 6.33. The average Bonchev–Trinajstić information content (AvgIpc) is 3.10. The molecule has 1 saturated heterocycles. The number of anilines is 3. The van der Waals surface area contributed by atoms with Crippen LogP contribution >= 0.6 is 0 Å². The van der Waals surface area contributed by atoms with E-state index < -0.39 is 23.1 Å². The number of fused-ring (bicyclic) bond motifs is 1. The molecule has 3 N–H and O–H groups in total. The number of benzene rings is 1. The van der Waals surface area contributed by atoms with E-state index in [1.165, 1.54) is 17.0 Å². The van der Waals surface area contributed by atoms with E-state index in [1.807, 2.05) is 6.07 Å². The van der Waals surface area contributed by atoms with Crippen LogP contribution in [0.25, 0.3) is 0 Å². The predicted molar refractivity (Wildman–Crippen MR) is 140 cm³/mol. The summed E-state index contributed by atoms with van der Waals surface area (Å²) in [5.74, 6) is -0.788. The van der Waals surface area contributed by atoms with E-state index in [0.29, 0.717) is 30.0 Å². The van der Waals surface area contributed by atoms with Crippen LogP contribution in [0.5, 0.6) is 0 Å². The van der Waals surface area contributed by atoms with Gasteiger partial charge in [0.25, 0.3) is 0 Å². The normalized spacial score (nSPS) is 21.8. The second kappa shape index (κ2) is 10.3. The highest BCUT2D eigenvalue weighted by Crippen LogP contribution is 2.46. The van der Waals surface area contributed by atoms with E-state index in [9.17, 15) is 14.7 Å². The van der Waals surface area contributed by atoms with Crippen LogP contribution in [-0.2, 0) is 21.7 Å². The zero-order chi connectivity index (χ0) is 27.0. The number of ether oxygens (including phenoxy) is 1. The van der Waals surface area contributed by atoms with E-state index in [1.54, 1.807) is 46.9 Å². The van der Waals surface area contributed by atoms with Gasteiger partial charge in [-0.15, -0.1) is 0 Å². The van der Waals surface area contributed by atoms with E-state index in [0.717, 1.165) is 18.5 Å². The zero-order valence-corrected chi connectivity index (χ0v) is 22.1. The molecule has 200 valence electrons. The molecule has 37 heavy (non-hydrogen) atoms. The van der Waals surface area contributed by atoms with Crippen molar-refractivity contribution in [3.63, 3.8) is 0 Å². The quantitative estimate of drug-likeness (QED) is 0.531. The molecule has 1 aromatic heterocycles. The minimum atomic E-state index is -1.11. The number of nitrogens with one attached hydrogen (secondary N) is 2. The molecule has 1 unspecified atom stereocenters. The van der Waals surface area contributed by atoms with Gasteiger partial charge in [0.15, 0.2) is 0 Å². The fourth-order valence-electron chi connectivity index (χ4n) is 5.05. The number of carbonyl (C=O) groups excluding carboxylic acids is 2. The van der Waals surface area contributed by atoms with Crippen molar-refractivity contribution in [2.45, 2.75) is 71.2 Å². The molecule has 4 rings (SSSR count). The number of carbonyl (C=O) groups is 2. The molecule has 0 bridgehead atoms. The fourth-order valence-corrected chi connectivity index (χ4v) is 5.05. The minimum absolute atomic E-state index is 0.0473. The zero-order valence-electron chi connectivity index (χ0n) is 22.1. The first-order valence-corrected chi connectivity index (χ1v) is 12.7. The molecule has 2 amide bonds. The fraction of sp³-hybridized carbons (Fsp3) is 0.519. The van der Waals surface area contributed by atoms with E-state index in [-0.39, 0.29) is 30.8 Å². The van der Waals surface area contributed by atoms with E-state index in [4.69, 9.17) is 4.74 Å². The number of aliphatic hydroxyl groups excluding tert-OH is 1. The monoisotopic (exact) mass is 513 g/mol. The topological polar surface area (TPSA) is 107 Å². The highest BCUT2D eigenvalue weighted by molar-refractivity contribution is 6.10. The number of nitrogens with zero attached hydrogens (tertiary/aromatic N) is 3. The van der Waals surface area contributed by atoms with Crippen LogP contribution in [-0.4, -0.2) is 58.3 Å². The first-order valence-electron chi connectivity index (χ1n) is 12.7. The van der Waals surface area contributed by atoms with Crippen LogP contribution in [0.4, 0.5) is 26.2 Å². The van der Waals surface area contributed by atoms with Crippen molar-refractivity contribution in [2.75, 3.05) is 35.2 Å². The maximum absolute atomic E-state index is 15.0. The third kappa shape index (κ3) is 5.40. The second-order valence-electron chi connectivity index (χ2n) is 10.7. The molecule has 10 heteroatoms. The Morgan fingerprint density at radius 3 is 2.76 bits per heavy atom. The molecule has 0 spiro atoms. The standard InChI is InChI=1S/C27H36FN5O4/c1-6-33(25(36)37-26(2,3)4)22-13-17(28)12-21-23(22)31-24(35)27(21,5)32-11-7-8-19(15-32)30-18-9-10-20(16-34)29-14-18/h9-10,12-14,19,30,34H,6-8,11,15-16H2,1-5H3,(H,31,35)/t19-,27?/m1/s1. The molecule has 1 fully saturated rings. The molecule has 3 heterocycles. The summed E-state index contributed by atoms with van der Waals surface area (Å²) in [5, 5.41) is 15.6. The number of halogens is 1. The Bertz CT molecular complexity index is 1170. The predicted octanol–water partition coefficient (Wildman–Crippen LogP) is 4.22. The van der Waals surface area contributed by atoms with Crippen LogP contribution in [0.15, 0.2) is 30.5 Å². The van der Waals surface area contributed by atoms with Crippen molar-refractivity contribution < 1.29 is 23.8 Å². The van der Waals surface area contributed by atoms with Gasteiger partial charge in [0.1, 0.15) is 17.0 Å². The number of hydrogen-bond donors (Lipinski definition) is 3. The van der Waals surface area contributed by atoms with Gasteiger partial charge < -0.3 is 20.5 Å². The van der Waals surface area contributed by atoms with Gasteiger partial charge in [-0.05, 0) is 78.3 Å². The summed E-state index contributed by atoms with van der Waals surface area (Å²) in [5.41, 5.74) is 0.805. The van der Waals surface area contributed by atoms with Crippen LogP contribution in [0, 0.1) is 5.82 Å². The van der Waals surface area contributed by atoms with Crippen molar-refractivity contribution in [2.24, 2.45) is 0 Å². The molecule has 2 aromatic rings. The molecule has 1 aromatic carbocycles. The number of piperidine rings is 1. The third-order valence-corrected chi connectivity index (χ3v) is 6.92. The largest absolute Gasteiger partial charge is 0.443 e. The molecule has 0 aliphatic carbocycles. The van der Waals surface area contributed by atoms with Crippen molar-refractivity contribution in [1.82, 2.24) is 9.88 Å². The van der Waals surface area contributed by atoms with Crippen molar-refractivity contribution in [3.8, 4) is 0 Å². The first-order chi connectivity index (χ1) is 17.5. The van der Waals surface area contributed by atoms with Gasteiger partial charge in [0.05, 0.1) is 35.6 Å². The van der Waals surface area contributed by atoms with Gasteiger partial charge in [-0.2, -0.15) is 0 Å². The van der Waals surface area contributed by atoms with Crippen LogP contribution in [0.3, 0.4) is 0 Å². The molecular formula is C27H36FN5O4. The molecule has 9 nitrogen and oxygen atoms in total. The second-order valence-corrected chi connectivity index (χ2v) is 10.7. The number of likely N-dealkylation sites (tertiary alicyclic amines) is 1. The smallest absolute Gasteiger partial charge is 0.414 e. The van der Waals surface area contributed by atoms with Crippen molar-refractivity contribution >= 4 is 29.1 Å². The van der Waals surface area contributed by atoms with Gasteiger partial charge in [0, 0.05) is 24.7 Å². The maximum Gasteiger partial charge on any atom is 0.414 e. The van der Waals surface area contributed by atoms with Crippen molar-refractivity contribution in [3.05, 3.63) is 47.5 Å². The van der Waals surface area contributed by atoms with Crippen LogP contribution < -0.4 is 15.5 Å². The van der Waals surface area contributed by atoms with Gasteiger partial charge in [-0.3, -0.25) is 19.6 Å². The summed E-state index contributed by atoms with van der Waals surface area (Å²) in [7, 11) is 0. The number of pyridine rings is 1. The Kier molecular flexibility index (Phi) is 7.43. The number of aliphatic hydroxyl groups is 1. The molecular weight excluding hydrogens is 477 g/mol. The maximum atomic E-state index is 15.0. The number of amides is 2. The molecule has 2 atom stereocenters. The average molecular weight is 514 g/mol. The van der Waals surface area contributed by atoms with Crippen molar-refractivity contribution in [1.29, 1.82) is 0 Å². The SMILES string of the molecule is CCN(C(=O)OC(C)(C)C)c1cc(F)cc2c1NC(=O)C2(C)N1CCC[C@@H](Nc2ccc(CO)nc2)C1. The Hall–Kier alpha value is -3.24. The highest BCUT2D eigenvalue weighted by atomic mass is 19.1. The lowest BCUT2D eigenvalue weighted by molar-refractivity contribution is -0.127. The Labute approximate surface area is 217 Å². The first kappa shape index (κ1) is 26.8. The van der Waals surface area contributed by atoms with Crippen LogP contribution in [0.2, 0.25) is 0 Å². The summed E-state index contributed by atoms with van der Waals surface area (Å²) in [6.45, 7) is 10.2. The lowest BCUT2D eigenvalue weighted by Gasteiger charge is -2.42. The Morgan fingerprint density at radius 1 is 1.38 bits per heavy atom. The molecule has 0 radical (unpaired) electrons. The Balaban J connectivity index is 1.63. The third-order valence-electron chi connectivity index (χ3n) is 6.92. The summed E-state index contributed by atoms with van der Waals surface area (Å²) >= 11 is 0.